The predicted octanol–water partition coefficient (Wildman–Crippen LogP) is 8.42. The molecule has 2 aromatic rings. The Balaban J connectivity index is 1.35. The molecule has 8 aliphatic carbocycles. The second kappa shape index (κ2) is 9.10. The summed E-state index contributed by atoms with van der Waals surface area (Å²) in [6.45, 7) is 9.47. The lowest BCUT2D eigenvalue weighted by molar-refractivity contribution is -0.275. The van der Waals surface area contributed by atoms with Crippen LogP contribution in [0.2, 0.25) is 0 Å². The zero-order chi connectivity index (χ0) is 34.5. The highest BCUT2D eigenvalue weighted by Crippen LogP contribution is 2.85. The third-order valence-corrected chi connectivity index (χ3v) is 14.5. The molecular formula is C40H46O8. The molecule has 0 aromatic heterocycles. The van der Waals surface area contributed by atoms with Crippen LogP contribution in [0.4, 0.5) is 0 Å². The number of aromatic carboxylic acids is 4. The quantitative estimate of drug-likeness (QED) is 0.232. The van der Waals surface area contributed by atoms with Crippen molar-refractivity contribution in [3.63, 3.8) is 0 Å². The number of carboxylic acid groups (broad SMARTS) is 4. The number of carbonyl (C=O) groups is 4. The van der Waals surface area contributed by atoms with Crippen LogP contribution in [0.1, 0.15) is 157 Å². The summed E-state index contributed by atoms with van der Waals surface area (Å²) >= 11 is 0. The van der Waals surface area contributed by atoms with Gasteiger partial charge < -0.3 is 20.4 Å². The lowest BCUT2D eigenvalue weighted by atomic mass is 9.24. The molecule has 4 N–H and O–H groups in total. The first-order valence-electron chi connectivity index (χ1n) is 17.4. The fraction of sp³-hybridized carbons (Fsp3) is 0.600. The molecule has 0 amide bonds. The van der Waals surface area contributed by atoms with E-state index < -0.39 is 34.7 Å². The van der Waals surface area contributed by atoms with E-state index >= 15 is 0 Å². The van der Waals surface area contributed by atoms with Gasteiger partial charge in [0.2, 0.25) is 0 Å². The molecule has 0 aliphatic heterocycles. The van der Waals surface area contributed by atoms with E-state index in [0.717, 1.165) is 77.0 Å². The maximum atomic E-state index is 12.9. The molecule has 8 bridgehead atoms. The molecule has 8 saturated carbocycles. The number of carboxylic acids is 4. The van der Waals surface area contributed by atoms with Gasteiger partial charge >= 0.3 is 23.9 Å². The minimum atomic E-state index is -1.23. The van der Waals surface area contributed by atoms with Crippen LogP contribution in [-0.4, -0.2) is 44.3 Å². The molecule has 10 rings (SSSR count). The highest BCUT2D eigenvalue weighted by atomic mass is 16.4. The Bertz CT molecular complexity index is 1680. The maximum Gasteiger partial charge on any atom is 0.336 e. The summed E-state index contributed by atoms with van der Waals surface area (Å²) < 4.78 is 0. The first kappa shape index (κ1) is 31.6. The van der Waals surface area contributed by atoms with Gasteiger partial charge in [-0.05, 0) is 144 Å². The largest absolute Gasteiger partial charge is 0.478 e. The first-order chi connectivity index (χ1) is 22.2. The van der Waals surface area contributed by atoms with E-state index in [9.17, 15) is 39.6 Å². The Morgan fingerprint density at radius 3 is 1.02 bits per heavy atom. The molecule has 8 fully saturated rings. The smallest absolute Gasteiger partial charge is 0.336 e. The monoisotopic (exact) mass is 654 g/mol. The molecule has 8 aliphatic rings. The van der Waals surface area contributed by atoms with Crippen molar-refractivity contribution in [3.05, 3.63) is 69.8 Å². The van der Waals surface area contributed by atoms with Crippen LogP contribution in [0.25, 0.3) is 0 Å². The summed E-state index contributed by atoms with van der Waals surface area (Å²) in [5.41, 5.74) is -0.718. The minimum absolute atomic E-state index is 0.0632. The Morgan fingerprint density at radius 2 is 0.750 bits per heavy atom. The van der Waals surface area contributed by atoms with E-state index in [2.05, 4.69) is 27.7 Å². The molecule has 0 heterocycles. The Morgan fingerprint density at radius 1 is 0.438 bits per heavy atom. The number of hydrogen-bond acceptors (Lipinski definition) is 4. The summed E-state index contributed by atoms with van der Waals surface area (Å²) in [6, 6.07) is 10.0. The topological polar surface area (TPSA) is 149 Å². The van der Waals surface area contributed by atoms with Gasteiger partial charge in [0, 0.05) is 0 Å². The third-order valence-electron chi connectivity index (χ3n) is 14.5. The molecule has 2 aromatic carbocycles. The Labute approximate surface area is 280 Å². The molecular weight excluding hydrogens is 608 g/mol. The van der Waals surface area contributed by atoms with Crippen LogP contribution in [0.15, 0.2) is 36.4 Å². The van der Waals surface area contributed by atoms with Crippen molar-refractivity contribution < 1.29 is 39.6 Å². The van der Waals surface area contributed by atoms with Crippen LogP contribution in [0.5, 0.6) is 0 Å². The third kappa shape index (κ3) is 4.07. The van der Waals surface area contributed by atoms with Gasteiger partial charge in [-0.25, -0.2) is 19.2 Å². The molecule has 4 atom stereocenters. The predicted molar refractivity (Wildman–Crippen MR) is 177 cm³/mol. The summed E-state index contributed by atoms with van der Waals surface area (Å²) in [4.78, 5) is 50.5. The van der Waals surface area contributed by atoms with Gasteiger partial charge in [0.25, 0.3) is 0 Å². The van der Waals surface area contributed by atoms with Crippen molar-refractivity contribution in [2.45, 2.75) is 116 Å². The zero-order valence-electron chi connectivity index (χ0n) is 28.4. The van der Waals surface area contributed by atoms with Crippen molar-refractivity contribution >= 4 is 23.9 Å². The van der Waals surface area contributed by atoms with Crippen molar-refractivity contribution in [1.82, 2.24) is 0 Å². The highest BCUT2D eigenvalue weighted by molar-refractivity contribution is 6.04. The van der Waals surface area contributed by atoms with E-state index in [0.29, 0.717) is 11.1 Å². The average Bonchev–Trinajstić information content (AvgIpc) is 2.92. The summed E-state index contributed by atoms with van der Waals surface area (Å²) in [6.07, 6.45) is 11.0. The van der Waals surface area contributed by atoms with Crippen LogP contribution < -0.4 is 0 Å². The summed E-state index contributed by atoms with van der Waals surface area (Å²) in [7, 11) is 0. The Hall–Kier alpha value is -3.68. The minimum Gasteiger partial charge on any atom is -0.478 e. The van der Waals surface area contributed by atoms with Gasteiger partial charge in [0.05, 0.1) is 22.3 Å². The van der Waals surface area contributed by atoms with Gasteiger partial charge in [-0.3, -0.25) is 0 Å². The van der Waals surface area contributed by atoms with Gasteiger partial charge in [0.15, 0.2) is 0 Å². The average molecular weight is 655 g/mol. The number of benzene rings is 2. The van der Waals surface area contributed by atoms with Gasteiger partial charge in [-0.2, -0.15) is 0 Å². The molecule has 48 heavy (non-hydrogen) atoms. The Kier molecular flexibility index (Phi) is 5.99. The maximum absolute atomic E-state index is 12.9. The van der Waals surface area contributed by atoms with Crippen LogP contribution in [-0.2, 0) is 10.8 Å². The number of rotatable bonds is 7. The summed E-state index contributed by atoms with van der Waals surface area (Å²) in [5.74, 6) is -4.85. The van der Waals surface area contributed by atoms with Gasteiger partial charge in [-0.1, -0.05) is 52.0 Å². The lowest BCUT2D eigenvalue weighted by Gasteiger charge is -2.80. The van der Waals surface area contributed by atoms with E-state index in [1.807, 2.05) is 12.1 Å². The van der Waals surface area contributed by atoms with Crippen molar-refractivity contribution in [2.24, 2.45) is 32.5 Å². The van der Waals surface area contributed by atoms with Gasteiger partial charge in [0.1, 0.15) is 0 Å². The molecule has 8 heteroatoms. The van der Waals surface area contributed by atoms with E-state index in [4.69, 9.17) is 0 Å². The van der Waals surface area contributed by atoms with Crippen LogP contribution >= 0.6 is 0 Å². The fourth-order valence-electron chi connectivity index (χ4n) is 15.9. The fourth-order valence-corrected chi connectivity index (χ4v) is 15.9. The van der Waals surface area contributed by atoms with Crippen molar-refractivity contribution in [3.8, 4) is 0 Å². The van der Waals surface area contributed by atoms with E-state index in [-0.39, 0.29) is 54.7 Å². The molecule has 0 spiro atoms. The molecule has 254 valence electrons. The second-order valence-electron chi connectivity index (χ2n) is 19.2. The first-order valence-corrected chi connectivity index (χ1v) is 17.4. The molecule has 0 saturated heterocycles. The molecule has 8 nitrogen and oxygen atoms in total. The van der Waals surface area contributed by atoms with Crippen molar-refractivity contribution in [1.29, 1.82) is 0 Å². The standard InChI is InChI=1S/C40H46O8/c1-33-11-34(2)14-37(13-33,25-9-5-7-23(29(41)42)27(25)31(45)46)21-39(17-33,18-34)40-19-35(3)12-36(4,20-40)16-38(15-35,22-40)26-10-6-8-24(30(43)44)28(26)32(47)48/h5-10H,11-22H2,1-4H3,(H,41,42)(H,43,44)(H,45,46)(H,47,48). The molecule has 4 unspecified atom stereocenters. The number of hydrogen-bond donors (Lipinski definition) is 4. The highest BCUT2D eigenvalue weighted by Gasteiger charge is 2.76. The van der Waals surface area contributed by atoms with Crippen LogP contribution in [0, 0.1) is 32.5 Å². The normalized spacial score (nSPS) is 43.3. The molecule has 0 radical (unpaired) electrons. The van der Waals surface area contributed by atoms with E-state index in [1.165, 1.54) is 12.1 Å². The van der Waals surface area contributed by atoms with Gasteiger partial charge in [-0.15, -0.1) is 0 Å². The summed E-state index contributed by atoms with van der Waals surface area (Å²) in [5, 5.41) is 41.2. The second-order valence-corrected chi connectivity index (χ2v) is 19.2. The SMILES string of the molecule is CC12CC3(C)CC(c4cccc(C(=O)O)c4C(=O)O)(C1)CC(C14CC5(C)CC(C)(CC(c6cccc(C(=O)O)c6C(=O)O)(C5)C1)C4)(C2)C3. The van der Waals surface area contributed by atoms with Crippen molar-refractivity contribution in [2.75, 3.05) is 0 Å². The zero-order valence-corrected chi connectivity index (χ0v) is 28.4. The van der Waals surface area contributed by atoms with E-state index in [1.54, 1.807) is 12.1 Å². The van der Waals surface area contributed by atoms with Crippen LogP contribution in [0.3, 0.4) is 0 Å². The lowest BCUT2D eigenvalue weighted by Crippen LogP contribution is -2.71.